The van der Waals surface area contributed by atoms with Gasteiger partial charge in [0.15, 0.2) is 0 Å². The Hall–Kier alpha value is -3.36. The average Bonchev–Trinajstić information content (AvgIpc) is 2.69. The fourth-order valence-electron chi connectivity index (χ4n) is 2.54. The first-order chi connectivity index (χ1) is 13.1. The van der Waals surface area contributed by atoms with Gasteiger partial charge in [0.25, 0.3) is 5.91 Å². The van der Waals surface area contributed by atoms with Crippen molar-refractivity contribution in [2.45, 2.75) is 6.42 Å². The van der Waals surface area contributed by atoms with Crippen LogP contribution in [0.1, 0.15) is 21.5 Å². The smallest absolute Gasteiger partial charge is 0.252 e. The molecule has 3 rings (SSSR count). The van der Waals surface area contributed by atoms with Crippen LogP contribution < -0.4 is 10.6 Å². The van der Waals surface area contributed by atoms with E-state index in [4.69, 9.17) is 16.9 Å². The van der Waals surface area contributed by atoms with Gasteiger partial charge in [0.1, 0.15) is 0 Å². The summed E-state index contributed by atoms with van der Waals surface area (Å²) in [7, 11) is 0. The summed E-state index contributed by atoms with van der Waals surface area (Å²) < 4.78 is 0. The Morgan fingerprint density at radius 2 is 1.89 bits per heavy atom. The molecule has 1 heterocycles. The molecule has 2 N–H and O–H groups in total. The minimum absolute atomic E-state index is 0.187. The van der Waals surface area contributed by atoms with Crippen molar-refractivity contribution in [2.24, 2.45) is 0 Å². The zero-order valence-electron chi connectivity index (χ0n) is 14.4. The first-order valence-electron chi connectivity index (χ1n) is 8.39. The number of carbonyl (C=O) groups excluding carboxylic acids is 1. The number of anilines is 2. The number of pyridine rings is 1. The molecule has 0 saturated carbocycles. The van der Waals surface area contributed by atoms with Crippen molar-refractivity contribution in [2.75, 3.05) is 11.9 Å². The van der Waals surface area contributed by atoms with E-state index in [1.54, 1.807) is 36.5 Å². The third-order valence-corrected chi connectivity index (χ3v) is 4.13. The zero-order valence-corrected chi connectivity index (χ0v) is 15.2. The maximum atomic E-state index is 12.3. The minimum atomic E-state index is -0.187. The summed E-state index contributed by atoms with van der Waals surface area (Å²) in [4.78, 5) is 16.5. The van der Waals surface area contributed by atoms with Gasteiger partial charge in [-0.3, -0.25) is 9.78 Å². The van der Waals surface area contributed by atoms with Crippen molar-refractivity contribution in [3.63, 3.8) is 0 Å². The fraction of sp³-hybridized carbons (Fsp3) is 0.0952. The van der Waals surface area contributed by atoms with E-state index >= 15 is 0 Å². The van der Waals surface area contributed by atoms with Crippen LogP contribution >= 0.6 is 11.6 Å². The van der Waals surface area contributed by atoms with E-state index in [2.05, 4.69) is 21.7 Å². The molecule has 0 aliphatic heterocycles. The van der Waals surface area contributed by atoms with Crippen LogP contribution in [0.4, 0.5) is 11.4 Å². The van der Waals surface area contributed by atoms with E-state index in [9.17, 15) is 4.79 Å². The molecule has 5 nitrogen and oxygen atoms in total. The molecule has 0 unspecified atom stereocenters. The summed E-state index contributed by atoms with van der Waals surface area (Å²) in [6, 6.07) is 18.4. The van der Waals surface area contributed by atoms with Crippen LogP contribution in [0.3, 0.4) is 0 Å². The molecule has 0 aliphatic rings. The molecule has 134 valence electrons. The number of nitrogens with one attached hydrogen (secondary N) is 2. The van der Waals surface area contributed by atoms with Crippen LogP contribution in [0.2, 0.25) is 5.02 Å². The summed E-state index contributed by atoms with van der Waals surface area (Å²) in [5.74, 6) is -0.187. The molecule has 0 bridgehead atoms. The SMILES string of the molecule is N#Cc1ccc(Nc2cncc(C(=O)NCCc3cccc(Cl)c3)c2)cc1. The van der Waals surface area contributed by atoms with Gasteiger partial charge >= 0.3 is 0 Å². The highest BCUT2D eigenvalue weighted by molar-refractivity contribution is 6.30. The monoisotopic (exact) mass is 376 g/mol. The van der Waals surface area contributed by atoms with Crippen molar-refractivity contribution < 1.29 is 4.79 Å². The second-order valence-electron chi connectivity index (χ2n) is 5.91. The van der Waals surface area contributed by atoms with Crippen LogP contribution in [0.15, 0.2) is 67.0 Å². The van der Waals surface area contributed by atoms with Gasteiger partial charge in [0.05, 0.1) is 29.1 Å². The average molecular weight is 377 g/mol. The molecule has 1 amide bonds. The number of benzene rings is 2. The van der Waals surface area contributed by atoms with Gasteiger partial charge in [-0.2, -0.15) is 5.26 Å². The Kier molecular flexibility index (Phi) is 6.03. The lowest BCUT2D eigenvalue weighted by Gasteiger charge is -2.09. The molecule has 1 aromatic heterocycles. The number of carbonyl (C=O) groups is 1. The van der Waals surface area contributed by atoms with E-state index < -0.39 is 0 Å². The van der Waals surface area contributed by atoms with Crippen molar-refractivity contribution in [3.05, 3.63) is 88.7 Å². The summed E-state index contributed by atoms with van der Waals surface area (Å²) in [5.41, 5.74) is 3.64. The second-order valence-corrected chi connectivity index (χ2v) is 6.35. The van der Waals surface area contributed by atoms with Crippen LogP contribution in [-0.4, -0.2) is 17.4 Å². The quantitative estimate of drug-likeness (QED) is 0.671. The number of rotatable bonds is 6. The van der Waals surface area contributed by atoms with Crippen LogP contribution in [0, 0.1) is 11.3 Å². The van der Waals surface area contributed by atoms with Crippen molar-refractivity contribution in [3.8, 4) is 6.07 Å². The molecule has 0 spiro atoms. The van der Waals surface area contributed by atoms with Crippen molar-refractivity contribution in [1.29, 1.82) is 5.26 Å². The Balaban J connectivity index is 1.58. The summed E-state index contributed by atoms with van der Waals surface area (Å²) in [6.45, 7) is 0.506. The van der Waals surface area contributed by atoms with E-state index in [0.29, 0.717) is 34.8 Å². The Morgan fingerprint density at radius 1 is 1.07 bits per heavy atom. The molecular formula is C21H17ClN4O. The Labute approximate surface area is 162 Å². The standard InChI is InChI=1S/C21H17ClN4O/c22-18-3-1-2-15(10-18)8-9-25-21(27)17-11-20(14-24-13-17)26-19-6-4-16(12-23)5-7-19/h1-7,10-11,13-14,26H,8-9H2,(H,25,27). The molecule has 2 aromatic carbocycles. The zero-order chi connectivity index (χ0) is 19.1. The number of nitriles is 1. The lowest BCUT2D eigenvalue weighted by molar-refractivity contribution is 0.0954. The second kappa shape index (κ2) is 8.84. The van der Waals surface area contributed by atoms with E-state index in [1.165, 1.54) is 6.20 Å². The number of amides is 1. The molecule has 3 aromatic rings. The largest absolute Gasteiger partial charge is 0.354 e. The molecule has 27 heavy (non-hydrogen) atoms. The van der Waals surface area contributed by atoms with E-state index in [0.717, 1.165) is 11.3 Å². The normalized spacial score (nSPS) is 10.1. The maximum absolute atomic E-state index is 12.3. The van der Waals surface area contributed by atoms with E-state index in [-0.39, 0.29) is 5.91 Å². The highest BCUT2D eigenvalue weighted by Gasteiger charge is 2.07. The third-order valence-electron chi connectivity index (χ3n) is 3.89. The summed E-state index contributed by atoms with van der Waals surface area (Å²) in [5, 5.41) is 15.6. The minimum Gasteiger partial charge on any atom is -0.354 e. The van der Waals surface area contributed by atoms with E-state index in [1.807, 2.05) is 24.3 Å². The predicted molar refractivity (Wildman–Crippen MR) is 106 cm³/mol. The third kappa shape index (κ3) is 5.30. The van der Waals surface area contributed by atoms with Gasteiger partial charge in [0, 0.05) is 23.5 Å². The lowest BCUT2D eigenvalue weighted by atomic mass is 10.1. The Morgan fingerprint density at radius 3 is 2.63 bits per heavy atom. The number of halogens is 1. The van der Waals surface area contributed by atoms with Gasteiger partial charge in [-0.05, 0) is 54.4 Å². The summed E-state index contributed by atoms with van der Waals surface area (Å²) in [6.07, 6.45) is 3.86. The van der Waals surface area contributed by atoms with Crippen LogP contribution in [0.5, 0.6) is 0 Å². The Bertz CT molecular complexity index is 980. The number of aromatic nitrogens is 1. The predicted octanol–water partition coefficient (Wildman–Crippen LogP) is 4.32. The molecule has 0 atom stereocenters. The fourth-order valence-corrected chi connectivity index (χ4v) is 2.76. The van der Waals surface area contributed by atoms with Crippen molar-refractivity contribution in [1.82, 2.24) is 10.3 Å². The van der Waals surface area contributed by atoms with Gasteiger partial charge in [-0.1, -0.05) is 23.7 Å². The van der Waals surface area contributed by atoms with Crippen molar-refractivity contribution >= 4 is 28.9 Å². The highest BCUT2D eigenvalue weighted by Crippen LogP contribution is 2.17. The van der Waals surface area contributed by atoms with Gasteiger partial charge in [-0.15, -0.1) is 0 Å². The van der Waals surface area contributed by atoms with Gasteiger partial charge in [0.2, 0.25) is 0 Å². The topological polar surface area (TPSA) is 77.8 Å². The van der Waals surface area contributed by atoms with Crippen LogP contribution in [0.25, 0.3) is 0 Å². The number of hydrogen-bond acceptors (Lipinski definition) is 4. The van der Waals surface area contributed by atoms with Crippen LogP contribution in [-0.2, 0) is 6.42 Å². The molecule has 0 aliphatic carbocycles. The molecule has 0 saturated heterocycles. The molecular weight excluding hydrogens is 360 g/mol. The first-order valence-corrected chi connectivity index (χ1v) is 8.77. The molecule has 0 fully saturated rings. The first kappa shape index (κ1) is 18.4. The maximum Gasteiger partial charge on any atom is 0.252 e. The lowest BCUT2D eigenvalue weighted by Crippen LogP contribution is -2.25. The molecule has 0 radical (unpaired) electrons. The number of nitrogens with zero attached hydrogens (tertiary/aromatic N) is 2. The van der Waals surface area contributed by atoms with Gasteiger partial charge < -0.3 is 10.6 Å². The molecule has 6 heteroatoms. The van der Waals surface area contributed by atoms with Gasteiger partial charge in [-0.25, -0.2) is 0 Å². The summed E-state index contributed by atoms with van der Waals surface area (Å²) >= 11 is 5.96. The number of hydrogen-bond donors (Lipinski definition) is 2. The highest BCUT2D eigenvalue weighted by atomic mass is 35.5.